The molecule has 2 N–H and O–H groups in total. The molecule has 0 saturated carbocycles. The van der Waals surface area contributed by atoms with Crippen LogP contribution in [0.25, 0.3) is 0 Å². The fourth-order valence-corrected chi connectivity index (χ4v) is 2.41. The summed E-state index contributed by atoms with van der Waals surface area (Å²) in [6, 6.07) is 0.263. The van der Waals surface area contributed by atoms with Gasteiger partial charge in [-0.15, -0.1) is 0 Å². The lowest BCUT2D eigenvalue weighted by Crippen LogP contribution is -2.52. The number of thiocarbonyl (C=S) groups is 1. The minimum absolute atomic E-state index is 0.0668. The molecule has 0 bridgehead atoms. The quantitative estimate of drug-likeness (QED) is 0.785. The van der Waals surface area contributed by atoms with Crippen molar-refractivity contribution in [2.24, 2.45) is 11.1 Å². The van der Waals surface area contributed by atoms with Crippen LogP contribution < -0.4 is 5.73 Å². The van der Waals surface area contributed by atoms with Crippen molar-refractivity contribution in [1.82, 2.24) is 9.80 Å². The average molecular weight is 271 g/mol. The predicted octanol–water partition coefficient (Wildman–Crippen LogP) is 1.24. The lowest BCUT2D eigenvalue weighted by molar-refractivity contribution is -0.139. The SMILES string of the molecule is CCC1CN(C)CCCN1C(=O)C(C)(C)C(N)=S. The van der Waals surface area contributed by atoms with Crippen molar-refractivity contribution >= 4 is 23.1 Å². The topological polar surface area (TPSA) is 49.6 Å². The molecular weight excluding hydrogens is 246 g/mol. The largest absolute Gasteiger partial charge is 0.392 e. The standard InChI is InChI=1S/C13H25N3OS/c1-5-10-9-15(4)7-6-8-16(10)12(17)13(2,3)11(14)18/h10H,5-9H2,1-4H3,(H2,14,18). The number of nitrogens with two attached hydrogens (primary N) is 1. The molecule has 0 radical (unpaired) electrons. The van der Waals surface area contributed by atoms with Crippen LogP contribution in [0.2, 0.25) is 0 Å². The fourth-order valence-electron chi connectivity index (χ4n) is 2.32. The van der Waals surface area contributed by atoms with E-state index in [4.69, 9.17) is 18.0 Å². The molecule has 1 rings (SSSR count). The van der Waals surface area contributed by atoms with Gasteiger partial charge in [0.25, 0.3) is 0 Å². The molecule has 1 aliphatic rings. The lowest BCUT2D eigenvalue weighted by Gasteiger charge is -2.36. The first kappa shape index (κ1) is 15.4. The van der Waals surface area contributed by atoms with E-state index in [0.29, 0.717) is 0 Å². The molecule has 0 aromatic carbocycles. The summed E-state index contributed by atoms with van der Waals surface area (Å²) >= 11 is 5.03. The molecule has 1 heterocycles. The van der Waals surface area contributed by atoms with Gasteiger partial charge in [0, 0.05) is 19.1 Å². The number of carbonyl (C=O) groups excluding carboxylic acids is 1. The maximum Gasteiger partial charge on any atom is 0.235 e. The molecule has 1 aliphatic heterocycles. The van der Waals surface area contributed by atoms with Crippen LogP contribution in [-0.4, -0.2) is 53.4 Å². The highest BCUT2D eigenvalue weighted by molar-refractivity contribution is 7.80. The van der Waals surface area contributed by atoms with Gasteiger partial charge >= 0.3 is 0 Å². The minimum Gasteiger partial charge on any atom is -0.392 e. The Hall–Kier alpha value is -0.680. The zero-order valence-corrected chi connectivity index (χ0v) is 12.7. The van der Waals surface area contributed by atoms with Gasteiger partial charge in [-0.2, -0.15) is 0 Å². The van der Waals surface area contributed by atoms with Crippen molar-refractivity contribution in [3.63, 3.8) is 0 Å². The summed E-state index contributed by atoms with van der Waals surface area (Å²) in [5, 5.41) is 0. The van der Waals surface area contributed by atoms with E-state index >= 15 is 0 Å². The number of likely N-dealkylation sites (N-methyl/N-ethyl adjacent to an activating group) is 1. The van der Waals surface area contributed by atoms with E-state index in [2.05, 4.69) is 18.9 Å². The average Bonchev–Trinajstić information content (AvgIpc) is 2.49. The molecular formula is C13H25N3OS. The molecule has 5 heteroatoms. The van der Waals surface area contributed by atoms with E-state index in [1.165, 1.54) is 0 Å². The molecule has 1 unspecified atom stereocenters. The molecule has 0 aliphatic carbocycles. The highest BCUT2D eigenvalue weighted by Crippen LogP contribution is 2.23. The summed E-state index contributed by atoms with van der Waals surface area (Å²) in [6.45, 7) is 8.52. The zero-order chi connectivity index (χ0) is 13.9. The van der Waals surface area contributed by atoms with Gasteiger partial charge in [-0.25, -0.2) is 0 Å². The molecule has 18 heavy (non-hydrogen) atoms. The highest BCUT2D eigenvalue weighted by Gasteiger charge is 2.38. The van der Waals surface area contributed by atoms with Crippen molar-refractivity contribution in [3.8, 4) is 0 Å². The van der Waals surface area contributed by atoms with Crippen LogP contribution >= 0.6 is 12.2 Å². The van der Waals surface area contributed by atoms with Gasteiger partial charge < -0.3 is 15.5 Å². The highest BCUT2D eigenvalue weighted by atomic mass is 32.1. The summed E-state index contributed by atoms with van der Waals surface area (Å²) < 4.78 is 0. The van der Waals surface area contributed by atoms with Crippen LogP contribution in [0.4, 0.5) is 0 Å². The van der Waals surface area contributed by atoms with Crippen LogP contribution in [-0.2, 0) is 4.79 Å². The third-order valence-electron chi connectivity index (χ3n) is 3.78. The first-order chi connectivity index (χ1) is 8.30. The Labute approximate surface area is 115 Å². The van der Waals surface area contributed by atoms with E-state index in [1.807, 2.05) is 18.7 Å². The Bertz CT molecular complexity index is 330. The third-order valence-corrected chi connectivity index (χ3v) is 4.30. The maximum absolute atomic E-state index is 12.6. The summed E-state index contributed by atoms with van der Waals surface area (Å²) in [6.07, 6.45) is 1.97. The molecule has 104 valence electrons. The summed E-state index contributed by atoms with van der Waals surface area (Å²) in [5.74, 6) is 0.0668. The van der Waals surface area contributed by atoms with Gasteiger partial charge in [0.1, 0.15) is 0 Å². The van der Waals surface area contributed by atoms with Crippen molar-refractivity contribution in [1.29, 1.82) is 0 Å². The second-order valence-electron chi connectivity index (χ2n) is 5.67. The Kier molecular flexibility index (Phi) is 5.10. The summed E-state index contributed by atoms with van der Waals surface area (Å²) in [7, 11) is 2.11. The van der Waals surface area contributed by atoms with E-state index in [0.717, 1.165) is 32.5 Å². The number of amides is 1. The first-order valence-electron chi connectivity index (χ1n) is 6.60. The predicted molar refractivity (Wildman–Crippen MR) is 78.5 cm³/mol. The van der Waals surface area contributed by atoms with Crippen molar-refractivity contribution in [2.75, 3.05) is 26.7 Å². The molecule has 1 amide bonds. The molecule has 1 fully saturated rings. The van der Waals surface area contributed by atoms with Gasteiger partial charge in [-0.1, -0.05) is 19.1 Å². The van der Waals surface area contributed by atoms with Crippen molar-refractivity contribution < 1.29 is 4.79 Å². The molecule has 0 spiro atoms. The second kappa shape index (κ2) is 5.97. The van der Waals surface area contributed by atoms with E-state index in [9.17, 15) is 4.79 Å². The molecule has 4 nitrogen and oxygen atoms in total. The maximum atomic E-state index is 12.6. The fraction of sp³-hybridized carbons (Fsp3) is 0.846. The van der Waals surface area contributed by atoms with Gasteiger partial charge in [-0.3, -0.25) is 4.79 Å². The monoisotopic (exact) mass is 271 g/mol. The molecule has 0 aromatic rings. The van der Waals surface area contributed by atoms with Gasteiger partial charge in [0.15, 0.2) is 0 Å². The second-order valence-corrected chi connectivity index (χ2v) is 6.11. The number of rotatable bonds is 3. The van der Waals surface area contributed by atoms with Crippen LogP contribution in [0.5, 0.6) is 0 Å². The molecule has 0 aromatic heterocycles. The lowest BCUT2D eigenvalue weighted by atomic mass is 9.90. The van der Waals surface area contributed by atoms with Crippen LogP contribution in [0.15, 0.2) is 0 Å². The number of hydrogen-bond donors (Lipinski definition) is 1. The molecule has 1 atom stereocenters. The zero-order valence-electron chi connectivity index (χ0n) is 11.9. The van der Waals surface area contributed by atoms with Crippen LogP contribution in [0.3, 0.4) is 0 Å². The van der Waals surface area contributed by atoms with Gasteiger partial charge in [0.2, 0.25) is 5.91 Å². The van der Waals surface area contributed by atoms with Crippen molar-refractivity contribution in [2.45, 2.75) is 39.7 Å². The van der Waals surface area contributed by atoms with Gasteiger partial charge in [-0.05, 0) is 40.3 Å². The first-order valence-corrected chi connectivity index (χ1v) is 7.01. The van der Waals surface area contributed by atoms with Crippen LogP contribution in [0, 0.1) is 5.41 Å². The summed E-state index contributed by atoms with van der Waals surface area (Å²) in [5.41, 5.74) is 4.96. The number of nitrogens with zero attached hydrogens (tertiary/aromatic N) is 2. The van der Waals surface area contributed by atoms with E-state index in [1.54, 1.807) is 0 Å². The van der Waals surface area contributed by atoms with E-state index < -0.39 is 5.41 Å². The van der Waals surface area contributed by atoms with E-state index in [-0.39, 0.29) is 16.9 Å². The Morgan fingerprint density at radius 1 is 1.44 bits per heavy atom. The molecule has 1 saturated heterocycles. The number of hydrogen-bond acceptors (Lipinski definition) is 3. The summed E-state index contributed by atoms with van der Waals surface area (Å²) in [4.78, 5) is 17.2. The van der Waals surface area contributed by atoms with Crippen molar-refractivity contribution in [3.05, 3.63) is 0 Å². The Morgan fingerprint density at radius 2 is 2.06 bits per heavy atom. The normalized spacial score (nSPS) is 22.7. The Balaban J connectivity index is 2.91. The van der Waals surface area contributed by atoms with Gasteiger partial charge in [0.05, 0.1) is 10.4 Å². The van der Waals surface area contributed by atoms with Crippen LogP contribution in [0.1, 0.15) is 33.6 Å². The Morgan fingerprint density at radius 3 is 2.56 bits per heavy atom. The smallest absolute Gasteiger partial charge is 0.235 e. The number of carbonyl (C=O) groups is 1. The minimum atomic E-state index is -0.744. The third kappa shape index (κ3) is 3.20.